The van der Waals surface area contributed by atoms with Crippen LogP contribution in [0.4, 0.5) is 0 Å². The lowest BCUT2D eigenvalue weighted by Gasteiger charge is -2.01. The number of allylic oxidation sites excluding steroid dienone is 1. The Morgan fingerprint density at radius 2 is 2.14 bits per heavy atom. The number of hydrogen-bond acceptors (Lipinski definition) is 3. The maximum Gasteiger partial charge on any atom is 0.197 e. The van der Waals surface area contributed by atoms with Gasteiger partial charge in [-0.25, -0.2) is 0 Å². The summed E-state index contributed by atoms with van der Waals surface area (Å²) in [6.07, 6.45) is 3.30. The van der Waals surface area contributed by atoms with Gasteiger partial charge in [0.2, 0.25) is 0 Å². The van der Waals surface area contributed by atoms with E-state index in [4.69, 9.17) is 0 Å². The Bertz CT molecular complexity index is 351. The fraction of sp³-hybridized carbons (Fsp3) is 0.222. The minimum Gasteiger partial charge on any atom is -0.383 e. The number of thiophene rings is 1. The van der Waals surface area contributed by atoms with Gasteiger partial charge in [-0.2, -0.15) is 0 Å². The second-order valence-corrected chi connectivity index (χ2v) is 6.10. The Hall–Kier alpha value is -0.130. The predicted octanol–water partition coefficient (Wildman–Crippen LogP) is 3.53. The zero-order valence-electron chi connectivity index (χ0n) is 7.75. The van der Waals surface area contributed by atoms with Gasteiger partial charge in [-0.3, -0.25) is 4.79 Å². The summed E-state index contributed by atoms with van der Waals surface area (Å²) in [5.41, 5.74) is 0. The van der Waals surface area contributed by atoms with E-state index in [1.165, 1.54) is 11.3 Å². The molecular weight excluding hydrogens is 330 g/mol. The molecule has 1 rings (SSSR count). The topological polar surface area (TPSA) is 20.3 Å². The van der Waals surface area contributed by atoms with E-state index in [0.717, 1.165) is 13.1 Å². The molecule has 0 aliphatic rings. The first-order valence-corrected chi connectivity index (χ1v) is 6.24. The summed E-state index contributed by atoms with van der Waals surface area (Å²) in [6.45, 7) is 0. The van der Waals surface area contributed by atoms with Crippen LogP contribution in [-0.4, -0.2) is 24.8 Å². The highest BCUT2D eigenvalue weighted by Gasteiger charge is 2.08. The van der Waals surface area contributed by atoms with E-state index in [2.05, 4.69) is 31.9 Å². The van der Waals surface area contributed by atoms with Gasteiger partial charge < -0.3 is 4.90 Å². The van der Waals surface area contributed by atoms with Crippen molar-refractivity contribution >= 4 is 49.0 Å². The molecule has 0 radical (unpaired) electrons. The lowest BCUT2D eigenvalue weighted by molar-refractivity contribution is 0.104. The molecule has 0 N–H and O–H groups in total. The molecule has 0 amide bonds. The van der Waals surface area contributed by atoms with Crippen molar-refractivity contribution in [3.05, 3.63) is 31.5 Å². The lowest BCUT2D eigenvalue weighted by Crippen LogP contribution is -2.02. The molecule has 0 spiro atoms. The van der Waals surface area contributed by atoms with Gasteiger partial charge in [0.15, 0.2) is 5.78 Å². The minimum absolute atomic E-state index is 0.0232. The highest BCUT2D eigenvalue weighted by molar-refractivity contribution is 9.13. The lowest BCUT2D eigenvalue weighted by atomic mass is 10.3. The second kappa shape index (κ2) is 5.09. The van der Waals surface area contributed by atoms with Crippen molar-refractivity contribution in [3.63, 3.8) is 0 Å². The van der Waals surface area contributed by atoms with Crippen LogP contribution in [0.3, 0.4) is 0 Å². The SMILES string of the molecule is CN(C)/C=C\C(=O)c1cc(Br)c(Br)s1. The smallest absolute Gasteiger partial charge is 0.197 e. The Morgan fingerprint density at radius 1 is 1.50 bits per heavy atom. The molecule has 0 saturated heterocycles. The van der Waals surface area contributed by atoms with Crippen molar-refractivity contribution in [2.75, 3.05) is 14.1 Å². The van der Waals surface area contributed by atoms with Crippen molar-refractivity contribution in [2.24, 2.45) is 0 Å². The highest BCUT2D eigenvalue weighted by Crippen LogP contribution is 2.32. The van der Waals surface area contributed by atoms with Gasteiger partial charge in [0.25, 0.3) is 0 Å². The summed E-state index contributed by atoms with van der Waals surface area (Å²) in [4.78, 5) is 14.1. The second-order valence-electron chi connectivity index (χ2n) is 2.88. The molecule has 0 aliphatic heterocycles. The third-order valence-corrected chi connectivity index (χ3v) is 4.68. The van der Waals surface area contributed by atoms with Crippen LogP contribution < -0.4 is 0 Å². The van der Waals surface area contributed by atoms with Crippen LogP contribution in [0, 0.1) is 0 Å². The molecule has 0 unspecified atom stereocenters. The van der Waals surface area contributed by atoms with E-state index < -0.39 is 0 Å². The van der Waals surface area contributed by atoms with Crippen molar-refractivity contribution in [2.45, 2.75) is 0 Å². The monoisotopic (exact) mass is 337 g/mol. The van der Waals surface area contributed by atoms with Gasteiger partial charge in [0, 0.05) is 30.8 Å². The van der Waals surface area contributed by atoms with Gasteiger partial charge in [-0.1, -0.05) is 0 Å². The maximum atomic E-state index is 11.6. The van der Waals surface area contributed by atoms with Crippen LogP contribution in [0.2, 0.25) is 0 Å². The van der Waals surface area contributed by atoms with E-state index in [1.54, 1.807) is 12.3 Å². The molecule has 1 aromatic heterocycles. The molecule has 0 aromatic carbocycles. The predicted molar refractivity (Wildman–Crippen MR) is 66.9 cm³/mol. The first kappa shape index (κ1) is 11.9. The highest BCUT2D eigenvalue weighted by atomic mass is 79.9. The number of nitrogens with zero attached hydrogens (tertiary/aromatic N) is 1. The molecule has 76 valence electrons. The van der Waals surface area contributed by atoms with Crippen molar-refractivity contribution in [1.29, 1.82) is 0 Å². The van der Waals surface area contributed by atoms with Gasteiger partial charge in [-0.05, 0) is 37.9 Å². The molecule has 1 aromatic rings. The minimum atomic E-state index is 0.0232. The van der Waals surface area contributed by atoms with E-state index in [-0.39, 0.29) is 5.78 Å². The van der Waals surface area contributed by atoms with E-state index in [9.17, 15) is 4.79 Å². The van der Waals surface area contributed by atoms with E-state index >= 15 is 0 Å². The van der Waals surface area contributed by atoms with Gasteiger partial charge >= 0.3 is 0 Å². The Kier molecular flexibility index (Phi) is 4.34. The van der Waals surface area contributed by atoms with Crippen LogP contribution in [0.25, 0.3) is 0 Å². The third kappa shape index (κ3) is 3.22. The normalized spacial score (nSPS) is 10.9. The Balaban J connectivity index is 2.80. The average molecular weight is 339 g/mol. The van der Waals surface area contributed by atoms with E-state index in [0.29, 0.717) is 0 Å². The van der Waals surface area contributed by atoms with Crippen LogP contribution in [0.5, 0.6) is 0 Å². The summed E-state index contributed by atoms with van der Waals surface area (Å²) < 4.78 is 1.86. The van der Waals surface area contributed by atoms with Gasteiger partial charge in [0.05, 0.1) is 8.66 Å². The number of ketones is 1. The van der Waals surface area contributed by atoms with Gasteiger partial charge in [-0.15, -0.1) is 11.3 Å². The fourth-order valence-electron chi connectivity index (χ4n) is 0.767. The summed E-state index contributed by atoms with van der Waals surface area (Å²) in [7, 11) is 3.76. The van der Waals surface area contributed by atoms with Crippen LogP contribution in [-0.2, 0) is 0 Å². The zero-order valence-corrected chi connectivity index (χ0v) is 11.7. The zero-order chi connectivity index (χ0) is 10.7. The van der Waals surface area contributed by atoms with E-state index in [1.807, 2.05) is 25.1 Å². The fourth-order valence-corrected chi connectivity index (χ4v) is 2.72. The standard InChI is InChI=1S/C9H9Br2NOS/c1-12(2)4-3-7(13)8-5-6(10)9(11)14-8/h3-5H,1-2H3/b4-3-. The number of carbonyl (C=O) groups is 1. The van der Waals surface area contributed by atoms with Crippen molar-refractivity contribution in [1.82, 2.24) is 4.90 Å². The molecule has 0 fully saturated rings. The summed E-state index contributed by atoms with van der Waals surface area (Å²) in [6, 6.07) is 1.82. The molecule has 0 atom stereocenters. The first-order valence-electron chi connectivity index (χ1n) is 3.84. The van der Waals surface area contributed by atoms with Gasteiger partial charge in [0.1, 0.15) is 0 Å². The molecule has 5 heteroatoms. The number of rotatable bonds is 3. The van der Waals surface area contributed by atoms with Crippen LogP contribution >= 0.6 is 43.2 Å². The molecule has 2 nitrogen and oxygen atoms in total. The summed E-state index contributed by atoms with van der Waals surface area (Å²) in [5.74, 6) is 0.0232. The Labute approximate surface area is 104 Å². The van der Waals surface area contributed by atoms with Crippen LogP contribution in [0.15, 0.2) is 26.6 Å². The molecule has 0 saturated carbocycles. The molecule has 0 aliphatic carbocycles. The molecule has 14 heavy (non-hydrogen) atoms. The average Bonchev–Trinajstić information content (AvgIpc) is 2.43. The van der Waals surface area contributed by atoms with Crippen LogP contribution in [0.1, 0.15) is 9.67 Å². The molecule has 1 heterocycles. The third-order valence-electron chi connectivity index (χ3n) is 1.41. The molecular formula is C9H9Br2NOS. The molecule has 0 bridgehead atoms. The summed E-state index contributed by atoms with van der Waals surface area (Å²) >= 11 is 8.12. The number of halogens is 2. The Morgan fingerprint density at radius 3 is 2.57 bits per heavy atom. The first-order chi connectivity index (χ1) is 6.50. The number of hydrogen-bond donors (Lipinski definition) is 0. The quantitative estimate of drug-likeness (QED) is 0.620. The van der Waals surface area contributed by atoms with Crippen molar-refractivity contribution in [3.8, 4) is 0 Å². The number of carbonyl (C=O) groups excluding carboxylic acids is 1. The largest absolute Gasteiger partial charge is 0.383 e. The van der Waals surface area contributed by atoms with Crippen molar-refractivity contribution < 1.29 is 4.79 Å². The maximum absolute atomic E-state index is 11.6. The summed E-state index contributed by atoms with van der Waals surface area (Å²) in [5, 5.41) is 0.